The molecule has 3 rings (SSSR count). The molecule has 0 aliphatic rings. The van der Waals surface area contributed by atoms with Gasteiger partial charge < -0.3 is 151 Å². The fraction of sp³-hybridized carbons (Fsp3) is 0.613. The molecule has 0 saturated carbocycles. The molecule has 0 bridgehead atoms. The number of amides is 9. The molecule has 1 heterocycles. The van der Waals surface area contributed by atoms with E-state index in [9.17, 15) is 33.6 Å². The van der Waals surface area contributed by atoms with E-state index >= 15 is 9.59 Å². The van der Waals surface area contributed by atoms with Gasteiger partial charge in [0.25, 0.3) is 9.40 Å². The van der Waals surface area contributed by atoms with Crippen molar-refractivity contribution in [1.82, 2.24) is 95.4 Å². The second-order valence-electron chi connectivity index (χ2n) is 29.9. The van der Waals surface area contributed by atoms with Crippen molar-refractivity contribution in [2.45, 2.75) is 217 Å². The Hall–Kier alpha value is -12.7. The van der Waals surface area contributed by atoms with E-state index in [4.69, 9.17) is 98.9 Å². The van der Waals surface area contributed by atoms with E-state index in [2.05, 4.69) is 133 Å². The predicted octanol–water partition coefficient (Wildman–Crippen LogP) is -2.94. The van der Waals surface area contributed by atoms with E-state index in [1.807, 2.05) is 18.2 Å². The standard InChI is InChI=1S/C75H134N36O10S/c1-6-8-40-111(41-9-7-2)45-27-29-47-57(43-45)122-56-42-44(26-28-46(56)102-47)92-38-39-93-58(112)48(18-10-30-94-66(76)77)103-59(113)49(19-11-31-95-67(78)79)104-60(114)50(20-12-32-96-68(80)81)105-61(115)51(21-13-33-97-69(82)83)106-62(116)52(22-14-34-98-70(84)85)107-63(117)53(23-15-35-99-71(86)87)108-64(118)54(24-16-36-100-72(88)89)109-65(119)55(25-17-37-101-73(90)91)110-74(120)121-75(3,4)5/h26-29,42-43,48-55,92H,6-25,30-41H2,1-5H3,(H40-,76,77,78,79,80,81,82,83,84,85,86,87,88,89,90,91,93,94,95,96,97,98,99,100,101,103,104,105,106,107,108,109,110,112,113,114,115,116,117,118,119,120)/p+1/t48-,49-,50-,51-,52-,53-,54-,55-/m0/s1. The molecular formula is C75H135N36O10S+. The molecule has 0 radical (unpaired) electrons. The van der Waals surface area contributed by atoms with Crippen LogP contribution in [0.5, 0.6) is 0 Å². The molecule has 0 spiro atoms. The Labute approximate surface area is 715 Å². The van der Waals surface area contributed by atoms with Crippen molar-refractivity contribution in [3.8, 4) is 0 Å². The van der Waals surface area contributed by atoms with Crippen molar-refractivity contribution in [2.24, 2.45) is 45.9 Å². The smallest absolute Gasteiger partial charge is 0.408 e. The number of rotatable bonds is 59. The minimum absolute atomic E-state index is 0.00200. The lowest BCUT2D eigenvalue weighted by Crippen LogP contribution is -2.60. The molecule has 0 saturated heterocycles. The number of hydrogen-bond donors (Lipinski definition) is 34. The number of carbonyl (C=O) groups excluding carboxylic acids is 9. The highest BCUT2D eigenvalue weighted by molar-refractivity contribution is 7.24. The van der Waals surface area contributed by atoms with Gasteiger partial charge in [-0.25, -0.2) is 9.78 Å². The summed E-state index contributed by atoms with van der Waals surface area (Å²) in [5, 5.41) is 111. The molecule has 47 heteroatoms. The van der Waals surface area contributed by atoms with Crippen molar-refractivity contribution in [3.63, 3.8) is 0 Å². The van der Waals surface area contributed by atoms with Crippen LogP contribution in [0.4, 0.5) is 16.2 Å². The number of guanidine groups is 8. The summed E-state index contributed by atoms with van der Waals surface area (Å²) in [5.74, 6) is -10.2. The molecule has 9 amide bonds. The normalized spacial score (nSPS) is 12.9. The molecule has 0 fully saturated rings. The van der Waals surface area contributed by atoms with E-state index < -0.39 is 137 Å². The largest absolute Gasteiger partial charge is 0.444 e. The summed E-state index contributed by atoms with van der Waals surface area (Å²) in [7, 11) is 0. The van der Waals surface area contributed by atoms with Crippen LogP contribution in [0.3, 0.4) is 0 Å². The van der Waals surface area contributed by atoms with Gasteiger partial charge in [-0.15, -0.1) is 0 Å². The number of ether oxygens (including phenoxy) is 1. The first-order valence-electron chi connectivity index (χ1n) is 41.1. The number of nitrogens with zero attached hydrogens (tertiary/aromatic N) is 2. The first-order valence-corrected chi connectivity index (χ1v) is 41.9. The Morgan fingerprint density at radius 3 is 0.885 bits per heavy atom. The number of alkyl carbamates (subject to hydrolysis) is 1. The molecule has 8 atom stereocenters. The third-order valence-corrected chi connectivity index (χ3v) is 19.5. The molecule has 0 aliphatic carbocycles. The van der Waals surface area contributed by atoms with Crippen molar-refractivity contribution in [3.05, 3.63) is 36.4 Å². The Bertz CT molecular complexity index is 3960. The van der Waals surface area contributed by atoms with Crippen molar-refractivity contribution in [1.29, 1.82) is 43.3 Å². The van der Waals surface area contributed by atoms with Gasteiger partial charge in [0.1, 0.15) is 65.0 Å². The SMILES string of the molecule is CCCCN(CCCC)c1ccc2nc3ccc(NCCNC(=O)[C@H](CCCNC(=N)N)NC(=O)[C@H](CCCNC(=N)N)NC(=O)[C@H](CCCNC(=N)N)NC(=O)[C@H](CCCNC(=N)N)NC(=O)[C@H](CCCNC(=N)N)NC(=O)[C@H](CCCNC(=N)N)NC(=O)[C@H](CCCNC(=N)N)NC(=O)[C@H](CCCNC(=N)N)NC(=O)OC(C)(C)C)cc3[s+]c2c1. The van der Waals surface area contributed by atoms with Gasteiger partial charge in [0.05, 0.1) is 0 Å². The van der Waals surface area contributed by atoms with E-state index in [-0.39, 0.29) is 186 Å². The van der Waals surface area contributed by atoms with Crippen molar-refractivity contribution in [2.75, 3.05) is 88.8 Å². The van der Waals surface area contributed by atoms with Crippen LogP contribution in [0.2, 0.25) is 0 Å². The Balaban J connectivity index is 2.07. The fourth-order valence-electron chi connectivity index (χ4n) is 12.2. The maximum absolute atomic E-state index is 15.1. The molecule has 2 aromatic carbocycles. The fourth-order valence-corrected chi connectivity index (χ4v) is 13.3. The monoisotopic (exact) mass is 1730 g/mol. The zero-order valence-electron chi connectivity index (χ0n) is 70.7. The summed E-state index contributed by atoms with van der Waals surface area (Å²) in [4.78, 5) is 139. The third kappa shape index (κ3) is 44.3. The van der Waals surface area contributed by atoms with Gasteiger partial charge in [-0.2, -0.15) is 0 Å². The number of nitrogens with two attached hydrogens (primary N) is 8. The zero-order valence-corrected chi connectivity index (χ0v) is 71.5. The molecular weight excluding hydrogens is 1600 g/mol. The number of unbranched alkanes of at least 4 members (excludes halogenated alkanes) is 2. The Kier molecular flexibility index (Phi) is 48.0. The van der Waals surface area contributed by atoms with E-state index in [1.165, 1.54) is 0 Å². The molecule has 42 N–H and O–H groups in total. The van der Waals surface area contributed by atoms with Gasteiger partial charge >= 0.3 is 6.09 Å². The average molecular weight is 1730 g/mol. The van der Waals surface area contributed by atoms with Crippen LogP contribution in [0.15, 0.2) is 36.4 Å². The first-order chi connectivity index (χ1) is 57.9. The lowest BCUT2D eigenvalue weighted by molar-refractivity contribution is -0.136. The average Bonchev–Trinajstić information content (AvgIpc) is 0.786. The predicted molar refractivity (Wildman–Crippen MR) is 475 cm³/mol. The number of anilines is 2. The zero-order chi connectivity index (χ0) is 90.7. The number of benzene rings is 2. The molecule has 122 heavy (non-hydrogen) atoms. The summed E-state index contributed by atoms with van der Waals surface area (Å²) in [6.45, 7) is 11.8. The van der Waals surface area contributed by atoms with Gasteiger partial charge in [0.15, 0.2) is 47.7 Å². The molecule has 680 valence electrons. The van der Waals surface area contributed by atoms with Crippen LogP contribution >= 0.6 is 11.3 Å². The maximum atomic E-state index is 15.1. The maximum Gasteiger partial charge on any atom is 0.408 e. The van der Waals surface area contributed by atoms with Crippen LogP contribution in [0.25, 0.3) is 20.4 Å². The Morgan fingerprint density at radius 2 is 0.615 bits per heavy atom. The van der Waals surface area contributed by atoms with Crippen molar-refractivity contribution >= 4 is 144 Å². The second-order valence-corrected chi connectivity index (χ2v) is 31.0. The quantitative estimate of drug-likeness (QED) is 0.00884. The lowest BCUT2D eigenvalue weighted by Gasteiger charge is -2.29. The van der Waals surface area contributed by atoms with Gasteiger partial charge in [-0.1, -0.05) is 26.7 Å². The molecule has 0 unspecified atom stereocenters. The van der Waals surface area contributed by atoms with E-state index in [0.29, 0.717) is 0 Å². The van der Waals surface area contributed by atoms with Crippen LogP contribution in [0, 0.1) is 43.3 Å². The molecule has 1 aromatic heterocycles. The number of fused-ring (bicyclic) bond motifs is 2. The van der Waals surface area contributed by atoms with Crippen LogP contribution in [-0.4, -0.2) is 238 Å². The van der Waals surface area contributed by atoms with E-state index in [0.717, 1.165) is 70.6 Å². The molecule has 3 aromatic rings. The van der Waals surface area contributed by atoms with Gasteiger partial charge in [0, 0.05) is 102 Å². The summed E-state index contributed by atoms with van der Waals surface area (Å²) < 4.78 is 7.41. The second kappa shape index (κ2) is 56.7. The van der Waals surface area contributed by atoms with Gasteiger partial charge in [-0.05, 0) is 161 Å². The van der Waals surface area contributed by atoms with E-state index in [1.54, 1.807) is 32.1 Å². The van der Waals surface area contributed by atoms with Crippen LogP contribution < -0.4 is 146 Å². The van der Waals surface area contributed by atoms with Crippen LogP contribution in [0.1, 0.15) is 163 Å². The van der Waals surface area contributed by atoms with Crippen LogP contribution in [-0.2, 0) is 43.1 Å². The summed E-state index contributed by atoms with van der Waals surface area (Å²) >= 11 is 1.63. The Morgan fingerprint density at radius 1 is 0.352 bits per heavy atom. The highest BCUT2D eigenvalue weighted by Gasteiger charge is 2.36. The third-order valence-electron chi connectivity index (χ3n) is 18.4. The minimum atomic E-state index is -1.57. The lowest BCUT2D eigenvalue weighted by atomic mass is 10.0. The molecule has 46 nitrogen and oxygen atoms in total. The highest BCUT2D eigenvalue weighted by atomic mass is 32.1. The van der Waals surface area contributed by atoms with Crippen molar-refractivity contribution < 1.29 is 47.9 Å². The van der Waals surface area contributed by atoms with Gasteiger partial charge in [0.2, 0.25) is 58.6 Å². The summed E-state index contributed by atoms with van der Waals surface area (Å²) in [6, 6.07) is 0.507. The number of nitrogens with one attached hydrogen (secondary N) is 26. The number of hydrogen-bond acceptors (Lipinski definition) is 21. The number of aromatic nitrogens is 1. The topological polar surface area (TPSA) is 794 Å². The molecule has 0 aliphatic heterocycles. The minimum Gasteiger partial charge on any atom is -0.444 e. The highest BCUT2D eigenvalue weighted by Crippen LogP contribution is 2.31. The van der Waals surface area contributed by atoms with Gasteiger partial charge in [-0.3, -0.25) is 81.6 Å². The first kappa shape index (κ1) is 103. The summed E-state index contributed by atoms with van der Waals surface area (Å²) in [6.07, 6.45) is 2.97. The summed E-state index contributed by atoms with van der Waals surface area (Å²) in [5.41, 5.74) is 47.3. The number of carbonyl (C=O) groups is 9.